The summed E-state index contributed by atoms with van der Waals surface area (Å²) in [5.74, 6) is 0.996. The predicted octanol–water partition coefficient (Wildman–Crippen LogP) is 1.84. The van der Waals surface area contributed by atoms with E-state index in [1.165, 1.54) is 0 Å². The molecule has 0 aliphatic carbocycles. The van der Waals surface area contributed by atoms with Crippen molar-refractivity contribution in [1.29, 1.82) is 0 Å². The van der Waals surface area contributed by atoms with Gasteiger partial charge in [-0.2, -0.15) is 0 Å². The highest BCUT2D eigenvalue weighted by Gasteiger charge is 2.40. The summed E-state index contributed by atoms with van der Waals surface area (Å²) in [6, 6.07) is 0. The SMILES string of the molecule is CC(C)C1C(C)OC(=O)C1C. The molecule has 1 heterocycles. The maximum absolute atomic E-state index is 11.1. The normalized spacial score (nSPS) is 37.9. The van der Waals surface area contributed by atoms with Crippen molar-refractivity contribution in [3.05, 3.63) is 0 Å². The van der Waals surface area contributed by atoms with Crippen LogP contribution < -0.4 is 0 Å². The van der Waals surface area contributed by atoms with Gasteiger partial charge in [0.2, 0.25) is 0 Å². The Morgan fingerprint density at radius 2 is 1.91 bits per heavy atom. The van der Waals surface area contributed by atoms with E-state index in [-0.39, 0.29) is 18.0 Å². The molecule has 0 saturated carbocycles. The summed E-state index contributed by atoms with van der Waals surface area (Å²) >= 11 is 0. The first-order chi connectivity index (χ1) is 5.04. The Hall–Kier alpha value is -0.530. The van der Waals surface area contributed by atoms with Crippen LogP contribution in [0.4, 0.5) is 0 Å². The number of esters is 1. The lowest BCUT2D eigenvalue weighted by Gasteiger charge is -2.19. The number of hydrogen-bond donors (Lipinski definition) is 0. The molecule has 0 radical (unpaired) electrons. The minimum absolute atomic E-state index is 0.0313. The van der Waals surface area contributed by atoms with E-state index in [0.717, 1.165) is 0 Å². The number of cyclic esters (lactones) is 1. The fourth-order valence-electron chi connectivity index (χ4n) is 2.05. The van der Waals surface area contributed by atoms with Crippen LogP contribution in [0.5, 0.6) is 0 Å². The van der Waals surface area contributed by atoms with Crippen molar-refractivity contribution in [2.45, 2.75) is 33.8 Å². The third-order valence-corrected chi connectivity index (χ3v) is 2.56. The van der Waals surface area contributed by atoms with Crippen molar-refractivity contribution in [2.75, 3.05) is 0 Å². The average Bonchev–Trinajstić information content (AvgIpc) is 2.07. The minimum Gasteiger partial charge on any atom is -0.462 e. The second-order valence-corrected chi connectivity index (χ2v) is 3.75. The molecule has 1 saturated heterocycles. The smallest absolute Gasteiger partial charge is 0.309 e. The van der Waals surface area contributed by atoms with Crippen LogP contribution in [-0.2, 0) is 9.53 Å². The van der Waals surface area contributed by atoms with Gasteiger partial charge in [-0.3, -0.25) is 4.79 Å². The van der Waals surface area contributed by atoms with Crippen molar-refractivity contribution in [1.82, 2.24) is 0 Å². The van der Waals surface area contributed by atoms with E-state index in [4.69, 9.17) is 4.74 Å². The number of rotatable bonds is 1. The van der Waals surface area contributed by atoms with Crippen molar-refractivity contribution in [2.24, 2.45) is 17.8 Å². The summed E-state index contributed by atoms with van der Waals surface area (Å²) in [7, 11) is 0. The molecule has 0 aromatic rings. The first kappa shape index (κ1) is 8.57. The highest BCUT2D eigenvalue weighted by molar-refractivity contribution is 5.74. The van der Waals surface area contributed by atoms with Gasteiger partial charge in [-0.05, 0) is 12.8 Å². The predicted molar refractivity (Wildman–Crippen MR) is 43.0 cm³/mol. The lowest BCUT2D eigenvalue weighted by Crippen LogP contribution is -2.22. The van der Waals surface area contributed by atoms with Crippen molar-refractivity contribution >= 4 is 5.97 Å². The van der Waals surface area contributed by atoms with E-state index < -0.39 is 0 Å². The van der Waals surface area contributed by atoms with Crippen LogP contribution in [0.3, 0.4) is 0 Å². The molecule has 3 unspecified atom stereocenters. The van der Waals surface area contributed by atoms with Gasteiger partial charge in [0.05, 0.1) is 5.92 Å². The van der Waals surface area contributed by atoms with Gasteiger partial charge in [-0.1, -0.05) is 20.8 Å². The molecule has 0 amide bonds. The Morgan fingerprint density at radius 1 is 1.36 bits per heavy atom. The largest absolute Gasteiger partial charge is 0.462 e. The van der Waals surface area contributed by atoms with Gasteiger partial charge in [-0.15, -0.1) is 0 Å². The molecule has 2 heteroatoms. The third kappa shape index (κ3) is 1.39. The van der Waals surface area contributed by atoms with Crippen molar-refractivity contribution in [3.8, 4) is 0 Å². The quantitative estimate of drug-likeness (QED) is 0.541. The van der Waals surface area contributed by atoms with Gasteiger partial charge in [0.25, 0.3) is 0 Å². The minimum atomic E-state index is -0.0313. The molecule has 64 valence electrons. The van der Waals surface area contributed by atoms with Crippen LogP contribution in [0, 0.1) is 17.8 Å². The zero-order valence-corrected chi connectivity index (χ0v) is 7.63. The Balaban J connectivity index is 2.71. The van der Waals surface area contributed by atoms with E-state index in [2.05, 4.69) is 13.8 Å². The second kappa shape index (κ2) is 2.84. The van der Waals surface area contributed by atoms with E-state index in [0.29, 0.717) is 11.8 Å². The van der Waals surface area contributed by atoms with Crippen LogP contribution in [0.1, 0.15) is 27.7 Å². The molecule has 3 atom stereocenters. The Kier molecular flexibility index (Phi) is 2.21. The number of carbonyl (C=O) groups excluding carboxylic acids is 1. The average molecular weight is 156 g/mol. The van der Waals surface area contributed by atoms with E-state index in [1.807, 2.05) is 13.8 Å². The van der Waals surface area contributed by atoms with Crippen LogP contribution in [0.2, 0.25) is 0 Å². The topological polar surface area (TPSA) is 26.3 Å². The van der Waals surface area contributed by atoms with Gasteiger partial charge in [-0.25, -0.2) is 0 Å². The second-order valence-electron chi connectivity index (χ2n) is 3.75. The molecular weight excluding hydrogens is 140 g/mol. The molecule has 1 fully saturated rings. The van der Waals surface area contributed by atoms with Gasteiger partial charge in [0.15, 0.2) is 0 Å². The number of hydrogen-bond acceptors (Lipinski definition) is 2. The summed E-state index contributed by atoms with van der Waals surface area (Å²) in [5.41, 5.74) is 0. The van der Waals surface area contributed by atoms with Crippen LogP contribution in [-0.4, -0.2) is 12.1 Å². The van der Waals surface area contributed by atoms with Gasteiger partial charge in [0, 0.05) is 5.92 Å². The highest BCUT2D eigenvalue weighted by Crippen LogP contribution is 2.33. The molecule has 0 spiro atoms. The molecule has 1 aliphatic heterocycles. The summed E-state index contributed by atoms with van der Waals surface area (Å²) in [6.07, 6.45) is 0.109. The lowest BCUT2D eigenvalue weighted by molar-refractivity contribution is -0.143. The first-order valence-corrected chi connectivity index (χ1v) is 4.24. The summed E-state index contributed by atoms with van der Waals surface area (Å²) in [5, 5.41) is 0. The Morgan fingerprint density at radius 3 is 2.09 bits per heavy atom. The standard InChI is InChI=1S/C9H16O2/c1-5(2)8-6(3)9(10)11-7(8)4/h5-8H,1-4H3. The van der Waals surface area contributed by atoms with E-state index in [9.17, 15) is 4.79 Å². The molecule has 2 nitrogen and oxygen atoms in total. The highest BCUT2D eigenvalue weighted by atomic mass is 16.6. The van der Waals surface area contributed by atoms with Gasteiger partial charge < -0.3 is 4.74 Å². The zero-order chi connectivity index (χ0) is 8.59. The van der Waals surface area contributed by atoms with Crippen molar-refractivity contribution < 1.29 is 9.53 Å². The summed E-state index contributed by atoms with van der Waals surface area (Å²) in [4.78, 5) is 11.1. The molecule has 1 rings (SSSR count). The number of ether oxygens (including phenoxy) is 1. The lowest BCUT2D eigenvalue weighted by atomic mass is 9.83. The van der Waals surface area contributed by atoms with E-state index >= 15 is 0 Å². The third-order valence-electron chi connectivity index (χ3n) is 2.56. The molecule has 1 aliphatic rings. The van der Waals surface area contributed by atoms with Crippen LogP contribution >= 0.6 is 0 Å². The summed E-state index contributed by atoms with van der Waals surface area (Å²) < 4.78 is 5.11. The fraction of sp³-hybridized carbons (Fsp3) is 0.889. The molecule has 11 heavy (non-hydrogen) atoms. The fourth-order valence-corrected chi connectivity index (χ4v) is 2.05. The molecule has 0 aromatic carbocycles. The molecular formula is C9H16O2. The molecule has 0 aromatic heterocycles. The maximum atomic E-state index is 11.1. The van der Waals surface area contributed by atoms with Crippen molar-refractivity contribution in [3.63, 3.8) is 0 Å². The molecule has 0 bridgehead atoms. The zero-order valence-electron chi connectivity index (χ0n) is 7.63. The monoisotopic (exact) mass is 156 g/mol. The molecule has 0 N–H and O–H groups in total. The van der Waals surface area contributed by atoms with E-state index in [1.54, 1.807) is 0 Å². The van der Waals surface area contributed by atoms with Crippen LogP contribution in [0.15, 0.2) is 0 Å². The first-order valence-electron chi connectivity index (χ1n) is 4.24. The van der Waals surface area contributed by atoms with Crippen LogP contribution in [0.25, 0.3) is 0 Å². The Bertz CT molecular complexity index is 163. The number of carbonyl (C=O) groups is 1. The van der Waals surface area contributed by atoms with Gasteiger partial charge in [0.1, 0.15) is 6.10 Å². The van der Waals surface area contributed by atoms with Gasteiger partial charge >= 0.3 is 5.97 Å². The Labute approximate surface area is 67.9 Å². The summed E-state index contributed by atoms with van der Waals surface area (Å²) in [6.45, 7) is 8.21. The maximum Gasteiger partial charge on any atom is 0.309 e.